The largest absolute Gasteiger partial charge is 0.357 e. The van der Waals surface area contributed by atoms with Crippen LogP contribution in [0, 0.1) is 6.92 Å². The van der Waals surface area contributed by atoms with E-state index in [0.717, 1.165) is 38.6 Å². The first kappa shape index (κ1) is 18.0. The third kappa shape index (κ3) is 6.07. The molecule has 0 fully saturated rings. The second kappa shape index (κ2) is 9.75. The minimum absolute atomic E-state index is 0.409. The van der Waals surface area contributed by atoms with Crippen molar-refractivity contribution in [3.63, 3.8) is 0 Å². The Hall–Kier alpha value is -2.30. The van der Waals surface area contributed by atoms with E-state index in [2.05, 4.69) is 65.2 Å². The maximum atomic E-state index is 4.72. The first-order valence-electron chi connectivity index (χ1n) is 8.73. The summed E-state index contributed by atoms with van der Waals surface area (Å²) in [7, 11) is 0. The average molecular weight is 327 g/mol. The molecule has 1 aromatic carbocycles. The van der Waals surface area contributed by atoms with Crippen LogP contribution >= 0.6 is 0 Å². The Morgan fingerprint density at radius 1 is 1.25 bits per heavy atom. The summed E-state index contributed by atoms with van der Waals surface area (Å²) < 4.78 is 2.09. The first-order valence-corrected chi connectivity index (χ1v) is 8.73. The standard InChI is InChI=1S/C19H29N5/c1-4-21-19(22-10-5-12-24-13-11-20-15-24)23-14-17(3)18-8-6-16(2)7-9-18/h6-9,11,13,15,17H,4-5,10,12,14H2,1-3H3,(H2,21,22,23). The molecular weight excluding hydrogens is 298 g/mol. The lowest BCUT2D eigenvalue weighted by molar-refractivity contribution is 0.623. The molecule has 1 atom stereocenters. The van der Waals surface area contributed by atoms with Gasteiger partial charge >= 0.3 is 0 Å². The zero-order chi connectivity index (χ0) is 17.2. The molecule has 0 aliphatic heterocycles. The van der Waals surface area contributed by atoms with Crippen LogP contribution in [0.5, 0.6) is 0 Å². The fraction of sp³-hybridized carbons (Fsp3) is 0.474. The van der Waals surface area contributed by atoms with E-state index in [1.54, 1.807) is 0 Å². The van der Waals surface area contributed by atoms with Gasteiger partial charge in [0.15, 0.2) is 5.96 Å². The number of nitrogens with one attached hydrogen (secondary N) is 2. The summed E-state index contributed by atoms with van der Waals surface area (Å²) >= 11 is 0. The number of guanidine groups is 1. The number of imidazole rings is 1. The normalized spacial score (nSPS) is 12.9. The van der Waals surface area contributed by atoms with Crippen molar-refractivity contribution in [1.29, 1.82) is 0 Å². The van der Waals surface area contributed by atoms with Crippen molar-refractivity contribution in [2.24, 2.45) is 4.99 Å². The fourth-order valence-electron chi connectivity index (χ4n) is 2.46. The molecule has 0 bridgehead atoms. The van der Waals surface area contributed by atoms with Crippen LogP contribution in [0.15, 0.2) is 48.0 Å². The molecule has 5 heteroatoms. The SMILES string of the molecule is CCNC(=NCC(C)c1ccc(C)cc1)NCCCn1ccnc1. The lowest BCUT2D eigenvalue weighted by Crippen LogP contribution is -2.38. The second-order valence-electron chi connectivity index (χ2n) is 6.11. The van der Waals surface area contributed by atoms with Crippen molar-refractivity contribution in [2.45, 2.75) is 39.7 Å². The van der Waals surface area contributed by atoms with Gasteiger partial charge in [0.2, 0.25) is 0 Å². The maximum absolute atomic E-state index is 4.72. The molecule has 0 amide bonds. The molecule has 0 aliphatic carbocycles. The van der Waals surface area contributed by atoms with E-state index < -0.39 is 0 Å². The molecule has 1 unspecified atom stereocenters. The van der Waals surface area contributed by atoms with Gasteiger partial charge in [-0.3, -0.25) is 4.99 Å². The van der Waals surface area contributed by atoms with Crippen LogP contribution in [0.1, 0.15) is 37.3 Å². The van der Waals surface area contributed by atoms with Gasteiger partial charge in [0.25, 0.3) is 0 Å². The minimum Gasteiger partial charge on any atom is -0.357 e. The topological polar surface area (TPSA) is 54.2 Å². The second-order valence-corrected chi connectivity index (χ2v) is 6.11. The molecule has 2 N–H and O–H groups in total. The van der Waals surface area contributed by atoms with E-state index in [9.17, 15) is 0 Å². The van der Waals surface area contributed by atoms with Gasteiger partial charge in [-0.15, -0.1) is 0 Å². The molecule has 5 nitrogen and oxygen atoms in total. The van der Waals surface area contributed by atoms with Crippen molar-refractivity contribution in [2.75, 3.05) is 19.6 Å². The number of rotatable bonds is 8. The highest BCUT2D eigenvalue weighted by Gasteiger charge is 2.05. The highest BCUT2D eigenvalue weighted by Crippen LogP contribution is 2.15. The number of benzene rings is 1. The fourth-order valence-corrected chi connectivity index (χ4v) is 2.46. The number of aromatic nitrogens is 2. The minimum atomic E-state index is 0.409. The summed E-state index contributed by atoms with van der Waals surface area (Å²) in [6.07, 6.45) is 6.69. The summed E-state index contributed by atoms with van der Waals surface area (Å²) in [6.45, 7) is 9.92. The highest BCUT2D eigenvalue weighted by molar-refractivity contribution is 5.79. The molecule has 0 saturated carbocycles. The van der Waals surface area contributed by atoms with Crippen molar-refractivity contribution in [3.05, 3.63) is 54.1 Å². The highest BCUT2D eigenvalue weighted by atomic mass is 15.2. The van der Waals surface area contributed by atoms with E-state index in [0.29, 0.717) is 5.92 Å². The lowest BCUT2D eigenvalue weighted by Gasteiger charge is -2.14. The number of aliphatic imine (C=N–C) groups is 1. The molecule has 0 radical (unpaired) electrons. The molecule has 24 heavy (non-hydrogen) atoms. The Labute approximate surface area is 145 Å². The Balaban J connectivity index is 1.79. The quantitative estimate of drug-likeness (QED) is 0.445. The van der Waals surface area contributed by atoms with Gasteiger partial charge in [0, 0.05) is 44.5 Å². The Morgan fingerprint density at radius 3 is 2.71 bits per heavy atom. The Kier molecular flexibility index (Phi) is 7.33. The summed E-state index contributed by atoms with van der Waals surface area (Å²) in [6, 6.07) is 8.71. The van der Waals surface area contributed by atoms with Gasteiger partial charge in [0.1, 0.15) is 0 Å². The number of aryl methyl sites for hydroxylation is 2. The van der Waals surface area contributed by atoms with Gasteiger partial charge in [-0.2, -0.15) is 0 Å². The maximum Gasteiger partial charge on any atom is 0.191 e. The Morgan fingerprint density at radius 2 is 2.04 bits per heavy atom. The molecule has 1 heterocycles. The third-order valence-corrected chi connectivity index (χ3v) is 3.96. The van der Waals surface area contributed by atoms with Gasteiger partial charge in [-0.25, -0.2) is 4.98 Å². The molecule has 2 rings (SSSR count). The van der Waals surface area contributed by atoms with E-state index in [1.807, 2.05) is 18.7 Å². The molecule has 130 valence electrons. The summed E-state index contributed by atoms with van der Waals surface area (Å²) in [5.41, 5.74) is 2.63. The number of hydrogen-bond acceptors (Lipinski definition) is 2. The predicted molar refractivity (Wildman–Crippen MR) is 100 cm³/mol. The average Bonchev–Trinajstić information content (AvgIpc) is 3.10. The molecule has 2 aromatic rings. The Bertz CT molecular complexity index is 601. The number of hydrogen-bond donors (Lipinski definition) is 2. The first-order chi connectivity index (χ1) is 11.7. The van der Waals surface area contributed by atoms with Crippen LogP contribution < -0.4 is 10.6 Å². The van der Waals surface area contributed by atoms with Gasteiger partial charge < -0.3 is 15.2 Å². The zero-order valence-corrected chi connectivity index (χ0v) is 15.0. The van der Waals surface area contributed by atoms with Crippen LogP contribution in [0.2, 0.25) is 0 Å². The van der Waals surface area contributed by atoms with Gasteiger partial charge in [-0.1, -0.05) is 36.8 Å². The monoisotopic (exact) mass is 327 g/mol. The van der Waals surface area contributed by atoms with Crippen molar-refractivity contribution >= 4 is 5.96 Å². The van der Waals surface area contributed by atoms with Crippen LogP contribution in [0.3, 0.4) is 0 Å². The predicted octanol–water partition coefficient (Wildman–Crippen LogP) is 2.94. The third-order valence-electron chi connectivity index (χ3n) is 3.96. The lowest BCUT2D eigenvalue weighted by atomic mass is 10.0. The van der Waals surface area contributed by atoms with Crippen molar-refractivity contribution in [3.8, 4) is 0 Å². The van der Waals surface area contributed by atoms with Crippen LogP contribution in [-0.2, 0) is 6.54 Å². The summed E-state index contributed by atoms with van der Waals surface area (Å²) in [5.74, 6) is 1.30. The summed E-state index contributed by atoms with van der Waals surface area (Å²) in [5, 5.41) is 6.72. The smallest absolute Gasteiger partial charge is 0.191 e. The molecular formula is C19H29N5. The molecule has 0 saturated heterocycles. The van der Waals surface area contributed by atoms with Crippen molar-refractivity contribution < 1.29 is 0 Å². The van der Waals surface area contributed by atoms with E-state index in [1.165, 1.54) is 11.1 Å². The summed E-state index contributed by atoms with van der Waals surface area (Å²) in [4.78, 5) is 8.78. The van der Waals surface area contributed by atoms with Gasteiger partial charge in [0.05, 0.1) is 6.33 Å². The van der Waals surface area contributed by atoms with Crippen LogP contribution in [0.4, 0.5) is 0 Å². The van der Waals surface area contributed by atoms with Crippen LogP contribution in [-0.4, -0.2) is 35.1 Å². The van der Waals surface area contributed by atoms with Crippen molar-refractivity contribution in [1.82, 2.24) is 20.2 Å². The molecule has 1 aromatic heterocycles. The molecule has 0 spiro atoms. The van der Waals surface area contributed by atoms with E-state index in [-0.39, 0.29) is 0 Å². The molecule has 0 aliphatic rings. The van der Waals surface area contributed by atoms with E-state index in [4.69, 9.17) is 4.99 Å². The van der Waals surface area contributed by atoms with Gasteiger partial charge in [-0.05, 0) is 25.8 Å². The zero-order valence-electron chi connectivity index (χ0n) is 15.0. The van der Waals surface area contributed by atoms with Crippen LogP contribution in [0.25, 0.3) is 0 Å². The number of nitrogens with zero attached hydrogens (tertiary/aromatic N) is 3. The van der Waals surface area contributed by atoms with E-state index >= 15 is 0 Å².